The van der Waals surface area contributed by atoms with Gasteiger partial charge in [-0.25, -0.2) is 4.79 Å². The van der Waals surface area contributed by atoms with E-state index in [4.69, 9.17) is 0 Å². The molecule has 1 heterocycles. The molecule has 26 heavy (non-hydrogen) atoms. The third-order valence-corrected chi connectivity index (χ3v) is 5.56. The summed E-state index contributed by atoms with van der Waals surface area (Å²) in [5.41, 5.74) is 0.829. The van der Waals surface area contributed by atoms with Crippen molar-refractivity contribution in [3.63, 3.8) is 0 Å². The van der Waals surface area contributed by atoms with Crippen molar-refractivity contribution >= 4 is 24.1 Å². The third-order valence-electron chi connectivity index (χ3n) is 5.56. The molecular weight excluding hydrogens is 330 g/mol. The molecule has 4 atom stereocenters. The van der Waals surface area contributed by atoms with Gasteiger partial charge in [-0.1, -0.05) is 57.0 Å². The Balaban J connectivity index is 1.74. The Labute approximate surface area is 153 Å². The minimum Gasteiger partial charge on any atom is -0.293 e. The zero-order valence-electron chi connectivity index (χ0n) is 15.2. The van der Waals surface area contributed by atoms with E-state index in [0.717, 1.165) is 23.3 Å². The van der Waals surface area contributed by atoms with Crippen LogP contribution in [-0.2, 0) is 16.1 Å². The van der Waals surface area contributed by atoms with Crippen LogP contribution in [0.2, 0.25) is 0 Å². The Morgan fingerprint density at radius 1 is 1.15 bits per heavy atom. The molecule has 138 valence electrons. The number of nitrogens with zero attached hydrogens (tertiary/aromatic N) is 2. The summed E-state index contributed by atoms with van der Waals surface area (Å²) in [7, 11) is 0. The molecule has 1 saturated carbocycles. The summed E-state index contributed by atoms with van der Waals surface area (Å²) < 4.78 is 0. The smallest absolute Gasteiger partial charge is 0.293 e. The molecule has 6 heteroatoms. The number of carbonyl (C=O) groups is 3. The lowest BCUT2D eigenvalue weighted by atomic mass is 9.78. The van der Waals surface area contributed by atoms with Crippen LogP contribution >= 0.6 is 0 Å². The van der Waals surface area contributed by atoms with Crippen molar-refractivity contribution in [2.75, 3.05) is 0 Å². The molecule has 1 N–H and O–H groups in total. The molecule has 0 bridgehead atoms. The van der Waals surface area contributed by atoms with Crippen LogP contribution in [0, 0.1) is 17.8 Å². The number of hydrogen-bond donors (Lipinski definition) is 1. The van der Waals surface area contributed by atoms with Crippen LogP contribution in [-0.4, -0.2) is 35.0 Å². The van der Waals surface area contributed by atoms with Crippen molar-refractivity contribution < 1.29 is 14.4 Å². The average Bonchev–Trinajstić information content (AvgIpc) is 2.62. The maximum atomic E-state index is 12.7. The molecule has 1 saturated heterocycles. The van der Waals surface area contributed by atoms with Gasteiger partial charge in [-0.15, -0.1) is 0 Å². The second kappa shape index (κ2) is 7.81. The number of benzene rings is 1. The van der Waals surface area contributed by atoms with E-state index in [9.17, 15) is 14.4 Å². The number of urea groups is 1. The molecule has 0 aromatic heterocycles. The zero-order chi connectivity index (χ0) is 18.7. The van der Waals surface area contributed by atoms with E-state index in [0.29, 0.717) is 11.8 Å². The minimum atomic E-state index is -1.04. The van der Waals surface area contributed by atoms with Crippen LogP contribution in [0.25, 0.3) is 0 Å². The molecule has 1 aliphatic heterocycles. The van der Waals surface area contributed by atoms with Gasteiger partial charge < -0.3 is 0 Å². The maximum Gasteiger partial charge on any atom is 0.331 e. The van der Waals surface area contributed by atoms with E-state index < -0.39 is 23.8 Å². The highest BCUT2D eigenvalue weighted by molar-refractivity contribution is 6.23. The van der Waals surface area contributed by atoms with Crippen molar-refractivity contribution in [1.82, 2.24) is 10.2 Å². The quantitative estimate of drug-likeness (QED) is 0.666. The number of hydrogen-bond acceptors (Lipinski definition) is 4. The second-order valence-electron chi connectivity index (χ2n) is 7.31. The van der Waals surface area contributed by atoms with Gasteiger partial charge in [0.25, 0.3) is 0 Å². The van der Waals surface area contributed by atoms with E-state index in [-0.39, 0.29) is 12.6 Å². The van der Waals surface area contributed by atoms with Gasteiger partial charge in [0.05, 0.1) is 12.6 Å². The minimum absolute atomic E-state index is 0.125. The lowest BCUT2D eigenvalue weighted by Crippen LogP contribution is -2.58. The summed E-state index contributed by atoms with van der Waals surface area (Å²) in [6.07, 6.45) is 4.71. The highest BCUT2D eigenvalue weighted by Gasteiger charge is 2.39. The molecule has 0 radical (unpaired) electrons. The van der Waals surface area contributed by atoms with Crippen molar-refractivity contribution in [2.24, 2.45) is 22.7 Å². The number of imide groups is 2. The molecule has 3 rings (SSSR count). The predicted molar refractivity (Wildman–Crippen MR) is 98.5 cm³/mol. The number of rotatable bonds is 4. The van der Waals surface area contributed by atoms with Crippen molar-refractivity contribution in [2.45, 2.75) is 45.7 Å². The average molecular weight is 355 g/mol. The SMILES string of the molecule is C[C@@H]1[C@@H](C)CCC[C@H]1N=CC1C(=O)NC(=O)N(Cc2ccccc2)C1=O. The lowest BCUT2D eigenvalue weighted by Gasteiger charge is -2.32. The molecular formula is C20H25N3O3. The van der Waals surface area contributed by atoms with Gasteiger partial charge >= 0.3 is 6.03 Å². The van der Waals surface area contributed by atoms with E-state index in [2.05, 4.69) is 24.2 Å². The highest BCUT2D eigenvalue weighted by Crippen LogP contribution is 2.31. The van der Waals surface area contributed by atoms with Gasteiger partial charge in [0, 0.05) is 6.21 Å². The molecule has 1 unspecified atom stereocenters. The summed E-state index contributed by atoms with van der Waals surface area (Å²) >= 11 is 0. The molecule has 1 aromatic rings. The number of barbiturate groups is 1. The summed E-state index contributed by atoms with van der Waals surface area (Å²) in [5.74, 6) is -1.14. The van der Waals surface area contributed by atoms with Crippen LogP contribution in [0.15, 0.2) is 35.3 Å². The monoisotopic (exact) mass is 355 g/mol. The van der Waals surface area contributed by atoms with E-state index >= 15 is 0 Å². The molecule has 1 aromatic carbocycles. The summed E-state index contributed by atoms with van der Waals surface area (Å²) in [6, 6.07) is 8.69. The Morgan fingerprint density at radius 2 is 1.88 bits per heavy atom. The molecule has 6 nitrogen and oxygen atoms in total. The largest absolute Gasteiger partial charge is 0.331 e. The summed E-state index contributed by atoms with van der Waals surface area (Å²) in [4.78, 5) is 42.6. The predicted octanol–water partition coefficient (Wildman–Crippen LogP) is 2.78. The van der Waals surface area contributed by atoms with Crippen LogP contribution in [0.1, 0.15) is 38.7 Å². The fourth-order valence-electron chi connectivity index (χ4n) is 3.64. The molecule has 2 aliphatic rings. The number of aliphatic imine (C=N–C) groups is 1. The topological polar surface area (TPSA) is 78.8 Å². The van der Waals surface area contributed by atoms with Gasteiger partial charge in [0.15, 0.2) is 5.92 Å². The van der Waals surface area contributed by atoms with Crippen molar-refractivity contribution in [3.05, 3.63) is 35.9 Å². The molecule has 0 spiro atoms. The standard InChI is InChI=1S/C20H25N3O3/c1-13-7-6-10-17(14(13)2)21-11-16-18(24)22-20(26)23(19(16)25)12-15-8-4-3-5-9-15/h3-5,8-9,11,13-14,16-17H,6-7,10,12H2,1-2H3,(H,22,24,26)/t13-,14+,16?,17+/m0/s1. The zero-order valence-corrected chi connectivity index (χ0v) is 15.2. The normalized spacial score (nSPS) is 29.9. The van der Waals surface area contributed by atoms with Crippen LogP contribution in [0.5, 0.6) is 0 Å². The van der Waals surface area contributed by atoms with Gasteiger partial charge in [-0.3, -0.25) is 24.8 Å². The fraction of sp³-hybridized carbons (Fsp3) is 0.500. The Hall–Kier alpha value is -2.50. The van der Waals surface area contributed by atoms with Crippen molar-refractivity contribution in [3.8, 4) is 0 Å². The first-order valence-electron chi connectivity index (χ1n) is 9.20. The van der Waals surface area contributed by atoms with Gasteiger partial charge in [-0.05, 0) is 23.8 Å². The van der Waals surface area contributed by atoms with E-state index in [1.807, 2.05) is 30.3 Å². The Kier molecular flexibility index (Phi) is 5.49. The first-order chi connectivity index (χ1) is 12.5. The van der Waals surface area contributed by atoms with Crippen LogP contribution in [0.4, 0.5) is 4.79 Å². The van der Waals surface area contributed by atoms with Crippen molar-refractivity contribution in [1.29, 1.82) is 0 Å². The first kappa shape index (κ1) is 18.3. The number of carbonyl (C=O) groups excluding carboxylic acids is 3. The second-order valence-corrected chi connectivity index (χ2v) is 7.31. The number of amides is 4. The maximum absolute atomic E-state index is 12.7. The Morgan fingerprint density at radius 3 is 2.62 bits per heavy atom. The Bertz CT molecular complexity index is 716. The molecule has 2 fully saturated rings. The van der Waals surface area contributed by atoms with E-state index in [1.165, 1.54) is 12.6 Å². The lowest BCUT2D eigenvalue weighted by molar-refractivity contribution is -0.139. The van der Waals surface area contributed by atoms with Gasteiger partial charge in [-0.2, -0.15) is 0 Å². The third kappa shape index (κ3) is 3.84. The molecule has 1 aliphatic carbocycles. The van der Waals surface area contributed by atoms with Gasteiger partial charge in [0.1, 0.15) is 0 Å². The first-order valence-corrected chi connectivity index (χ1v) is 9.20. The van der Waals surface area contributed by atoms with Gasteiger partial charge in [0.2, 0.25) is 11.8 Å². The molecule has 4 amide bonds. The van der Waals surface area contributed by atoms with E-state index in [1.54, 1.807) is 0 Å². The highest BCUT2D eigenvalue weighted by atomic mass is 16.2. The van der Waals surface area contributed by atoms with Crippen LogP contribution < -0.4 is 5.32 Å². The number of nitrogens with one attached hydrogen (secondary N) is 1. The fourth-order valence-corrected chi connectivity index (χ4v) is 3.64. The summed E-state index contributed by atoms with van der Waals surface area (Å²) in [5, 5.41) is 2.27. The summed E-state index contributed by atoms with van der Waals surface area (Å²) in [6.45, 7) is 4.52. The van der Waals surface area contributed by atoms with Crippen LogP contribution in [0.3, 0.4) is 0 Å².